The van der Waals surface area contributed by atoms with Gasteiger partial charge in [-0.25, -0.2) is 0 Å². The first-order valence-electron chi connectivity index (χ1n) is 6.97. The van der Waals surface area contributed by atoms with E-state index in [1.807, 2.05) is 24.3 Å². The smallest absolute Gasteiger partial charge is 0.243 e. The molecule has 0 fully saturated rings. The van der Waals surface area contributed by atoms with Crippen LogP contribution >= 0.6 is 0 Å². The maximum atomic E-state index is 9.48. The zero-order valence-corrected chi connectivity index (χ0v) is 12.8. The van der Waals surface area contributed by atoms with Crippen molar-refractivity contribution < 1.29 is 14.2 Å². The molecular weight excluding hydrogens is 296 g/mol. The number of hydrogen-bond donors (Lipinski definition) is 2. The Morgan fingerprint density at radius 3 is 2.70 bits per heavy atom. The fourth-order valence-electron chi connectivity index (χ4n) is 2.59. The van der Waals surface area contributed by atoms with Gasteiger partial charge in [0.2, 0.25) is 11.8 Å². The molecule has 1 aromatic heterocycles. The molecule has 0 amide bonds. The Morgan fingerprint density at radius 2 is 2.09 bits per heavy atom. The molecule has 3 N–H and O–H groups in total. The van der Waals surface area contributed by atoms with E-state index in [9.17, 15) is 5.26 Å². The van der Waals surface area contributed by atoms with Crippen LogP contribution in [0.3, 0.4) is 0 Å². The second-order valence-electron chi connectivity index (χ2n) is 5.03. The Labute approximate surface area is 133 Å². The highest BCUT2D eigenvalue weighted by Gasteiger charge is 2.33. The van der Waals surface area contributed by atoms with Crippen LogP contribution in [-0.4, -0.2) is 24.2 Å². The van der Waals surface area contributed by atoms with Gasteiger partial charge in [0.1, 0.15) is 29.8 Å². The Kier molecular flexibility index (Phi) is 3.91. The number of hydrogen-bond acceptors (Lipinski definition) is 6. The SMILES string of the molecule is COCc1nc2c([nH]1)C(c1ccc(OC)cc1)C(C#N)=C(N)O2. The van der Waals surface area contributed by atoms with Crippen molar-refractivity contribution in [2.75, 3.05) is 14.2 Å². The third-order valence-corrected chi connectivity index (χ3v) is 3.65. The van der Waals surface area contributed by atoms with Gasteiger partial charge in [0.25, 0.3) is 0 Å². The summed E-state index contributed by atoms with van der Waals surface area (Å²) >= 11 is 0. The second-order valence-corrected chi connectivity index (χ2v) is 5.03. The zero-order valence-electron chi connectivity index (χ0n) is 12.8. The fourth-order valence-corrected chi connectivity index (χ4v) is 2.59. The Balaban J connectivity index is 2.09. The van der Waals surface area contributed by atoms with E-state index in [-0.39, 0.29) is 11.8 Å². The first kappa shape index (κ1) is 14.9. The minimum atomic E-state index is -0.368. The number of rotatable bonds is 4. The van der Waals surface area contributed by atoms with Crippen LogP contribution in [0.1, 0.15) is 23.0 Å². The van der Waals surface area contributed by atoms with E-state index < -0.39 is 0 Å². The van der Waals surface area contributed by atoms with Crippen LogP contribution in [0.15, 0.2) is 35.7 Å². The standard InChI is InChI=1S/C16H16N4O3/c1-21-8-12-19-14-13(9-3-5-10(22-2)6-4-9)11(7-17)15(18)23-16(14)20-12/h3-6,13H,8,18H2,1-2H3,(H,19,20). The molecular formula is C16H16N4O3. The van der Waals surface area contributed by atoms with Crippen LogP contribution in [0, 0.1) is 11.3 Å². The summed E-state index contributed by atoms with van der Waals surface area (Å²) in [6.07, 6.45) is 0. The highest BCUT2D eigenvalue weighted by molar-refractivity contribution is 5.52. The molecule has 0 saturated carbocycles. The average Bonchev–Trinajstić information content (AvgIpc) is 2.96. The molecule has 0 bridgehead atoms. The zero-order chi connectivity index (χ0) is 16.4. The van der Waals surface area contributed by atoms with Gasteiger partial charge in [0.15, 0.2) is 0 Å². The number of ether oxygens (including phenoxy) is 3. The number of aromatic nitrogens is 2. The van der Waals surface area contributed by atoms with Gasteiger partial charge in [0, 0.05) is 7.11 Å². The summed E-state index contributed by atoms with van der Waals surface area (Å²) in [4.78, 5) is 7.48. The van der Waals surface area contributed by atoms with Crippen molar-refractivity contribution in [1.29, 1.82) is 5.26 Å². The Bertz CT molecular complexity index is 787. The topological polar surface area (TPSA) is 106 Å². The van der Waals surface area contributed by atoms with Gasteiger partial charge in [-0.2, -0.15) is 10.2 Å². The molecule has 2 aromatic rings. The molecule has 2 heterocycles. The lowest BCUT2D eigenvalue weighted by Gasteiger charge is -2.22. The van der Waals surface area contributed by atoms with Crippen molar-refractivity contribution in [3.05, 3.63) is 52.8 Å². The van der Waals surface area contributed by atoms with Crippen LogP contribution < -0.4 is 15.2 Å². The minimum Gasteiger partial charge on any atom is -0.497 e. The second kappa shape index (κ2) is 6.02. The Morgan fingerprint density at radius 1 is 1.35 bits per heavy atom. The predicted octanol–water partition coefficient (Wildman–Crippen LogP) is 1.78. The number of imidazole rings is 1. The summed E-state index contributed by atoms with van der Waals surface area (Å²) in [5.41, 5.74) is 7.82. The average molecular weight is 312 g/mol. The van der Waals surface area contributed by atoms with E-state index in [1.54, 1.807) is 14.2 Å². The molecule has 0 radical (unpaired) electrons. The maximum Gasteiger partial charge on any atom is 0.243 e. The highest BCUT2D eigenvalue weighted by Crippen LogP contribution is 2.40. The number of benzene rings is 1. The quantitative estimate of drug-likeness (QED) is 0.891. The number of methoxy groups -OCH3 is 2. The monoisotopic (exact) mass is 312 g/mol. The summed E-state index contributed by atoms with van der Waals surface area (Å²) in [6.45, 7) is 0.313. The summed E-state index contributed by atoms with van der Waals surface area (Å²) < 4.78 is 15.7. The first-order chi connectivity index (χ1) is 11.2. The van der Waals surface area contributed by atoms with Crippen molar-refractivity contribution in [2.45, 2.75) is 12.5 Å². The van der Waals surface area contributed by atoms with Crippen molar-refractivity contribution >= 4 is 0 Å². The highest BCUT2D eigenvalue weighted by atomic mass is 16.5. The van der Waals surface area contributed by atoms with Crippen LogP contribution in [-0.2, 0) is 11.3 Å². The van der Waals surface area contributed by atoms with Gasteiger partial charge < -0.3 is 24.9 Å². The van der Waals surface area contributed by atoms with Gasteiger partial charge in [-0.05, 0) is 17.7 Å². The largest absolute Gasteiger partial charge is 0.497 e. The van der Waals surface area contributed by atoms with E-state index in [0.717, 1.165) is 11.3 Å². The van der Waals surface area contributed by atoms with Gasteiger partial charge in [-0.15, -0.1) is 0 Å². The number of nitrogens with zero attached hydrogens (tertiary/aromatic N) is 2. The molecule has 7 nitrogen and oxygen atoms in total. The number of nitrogens with one attached hydrogen (secondary N) is 1. The van der Waals surface area contributed by atoms with E-state index in [0.29, 0.717) is 29.6 Å². The third kappa shape index (κ3) is 2.60. The molecule has 0 aliphatic carbocycles. The minimum absolute atomic E-state index is 0.0660. The molecule has 1 aromatic carbocycles. The number of H-pyrrole nitrogens is 1. The predicted molar refractivity (Wildman–Crippen MR) is 81.6 cm³/mol. The lowest BCUT2D eigenvalue weighted by molar-refractivity contribution is 0.178. The van der Waals surface area contributed by atoms with E-state index in [2.05, 4.69) is 16.0 Å². The lowest BCUT2D eigenvalue weighted by atomic mass is 9.88. The van der Waals surface area contributed by atoms with Gasteiger partial charge in [-0.3, -0.25) is 0 Å². The summed E-state index contributed by atoms with van der Waals surface area (Å²) in [6, 6.07) is 9.58. The van der Waals surface area contributed by atoms with Crippen LogP contribution in [0.2, 0.25) is 0 Å². The molecule has 0 saturated heterocycles. The number of nitriles is 1. The summed E-state index contributed by atoms with van der Waals surface area (Å²) in [5.74, 6) is 1.42. The van der Waals surface area contributed by atoms with Crippen LogP contribution in [0.5, 0.6) is 11.6 Å². The van der Waals surface area contributed by atoms with Gasteiger partial charge in [-0.1, -0.05) is 12.1 Å². The molecule has 1 aliphatic heterocycles. The van der Waals surface area contributed by atoms with Crippen molar-refractivity contribution in [3.63, 3.8) is 0 Å². The molecule has 23 heavy (non-hydrogen) atoms. The molecule has 1 aliphatic rings. The van der Waals surface area contributed by atoms with Crippen molar-refractivity contribution in [3.8, 4) is 17.7 Å². The number of allylic oxidation sites excluding steroid dienone is 1. The summed E-state index contributed by atoms with van der Waals surface area (Å²) in [5, 5.41) is 9.48. The van der Waals surface area contributed by atoms with Crippen LogP contribution in [0.4, 0.5) is 0 Å². The van der Waals surface area contributed by atoms with E-state index in [1.165, 1.54) is 0 Å². The van der Waals surface area contributed by atoms with Gasteiger partial charge >= 0.3 is 0 Å². The molecule has 3 rings (SSSR count). The Hall–Kier alpha value is -2.98. The first-order valence-corrected chi connectivity index (χ1v) is 6.97. The normalized spacial score (nSPS) is 16.5. The number of nitrogens with two attached hydrogens (primary N) is 1. The van der Waals surface area contributed by atoms with Crippen molar-refractivity contribution in [2.24, 2.45) is 5.73 Å². The molecule has 7 heteroatoms. The lowest BCUT2D eigenvalue weighted by Crippen LogP contribution is -2.21. The van der Waals surface area contributed by atoms with E-state index >= 15 is 0 Å². The number of aromatic amines is 1. The molecule has 0 spiro atoms. The van der Waals surface area contributed by atoms with E-state index in [4.69, 9.17) is 19.9 Å². The summed E-state index contributed by atoms with van der Waals surface area (Å²) in [7, 11) is 3.18. The van der Waals surface area contributed by atoms with Crippen LogP contribution in [0.25, 0.3) is 0 Å². The maximum absolute atomic E-state index is 9.48. The van der Waals surface area contributed by atoms with Crippen molar-refractivity contribution in [1.82, 2.24) is 9.97 Å². The fraction of sp³-hybridized carbons (Fsp3) is 0.250. The van der Waals surface area contributed by atoms with Gasteiger partial charge in [0.05, 0.1) is 18.7 Å². The molecule has 1 unspecified atom stereocenters. The molecule has 118 valence electrons. The third-order valence-electron chi connectivity index (χ3n) is 3.65. The number of fused-ring (bicyclic) bond motifs is 1. The molecule has 1 atom stereocenters.